The molecule has 0 radical (unpaired) electrons. The molecule has 0 saturated carbocycles. The number of ether oxygens (including phenoxy) is 13. The van der Waals surface area contributed by atoms with Crippen molar-refractivity contribution in [3.05, 3.63) is 71.3 Å². The Hall–Kier alpha value is -3.51. The summed E-state index contributed by atoms with van der Waals surface area (Å²) in [6.07, 6.45) is -56.5. The quantitative estimate of drug-likeness (QED) is 0.0776. The third-order valence-electron chi connectivity index (χ3n) is 15.3. The van der Waals surface area contributed by atoms with Gasteiger partial charge in [-0.2, -0.15) is 0 Å². The Kier molecular flexibility index (Phi) is 21.1. The zero-order valence-corrected chi connectivity index (χ0v) is 43.2. The zero-order valence-electron chi connectivity index (χ0n) is 43.2. The van der Waals surface area contributed by atoms with Gasteiger partial charge in [0.25, 0.3) is 0 Å². The molecule has 18 rings (SSSR count). The smallest absolute Gasteiger partial charge is 0.338 e. The molecule has 17 N–H and O–H groups in total. The first-order valence-corrected chi connectivity index (χ1v) is 26.4. The van der Waals surface area contributed by atoms with E-state index in [1.54, 1.807) is 18.2 Å². The van der Waals surface area contributed by atoms with Crippen LogP contribution in [0.15, 0.2) is 54.6 Å². The van der Waals surface area contributed by atoms with Crippen molar-refractivity contribution in [3.8, 4) is 0 Å². The Bertz CT molecular complexity index is 2350. The van der Waals surface area contributed by atoms with Gasteiger partial charge in [-0.15, -0.1) is 0 Å². The van der Waals surface area contributed by atoms with Crippen LogP contribution in [0.5, 0.6) is 0 Å². The van der Waals surface area contributed by atoms with Gasteiger partial charge >= 0.3 is 5.97 Å². The first-order chi connectivity index (χ1) is 39.3. The van der Waals surface area contributed by atoms with E-state index in [2.05, 4.69) is 0 Å². The average molecular weight is 1180 g/mol. The lowest BCUT2D eigenvalue weighted by Crippen LogP contribution is -2.69. The van der Waals surface area contributed by atoms with Crippen molar-refractivity contribution in [3.63, 3.8) is 0 Å². The van der Waals surface area contributed by atoms with Gasteiger partial charge in [0, 0.05) is 0 Å². The number of hydrogen-bond acceptors (Lipinski definition) is 31. The van der Waals surface area contributed by atoms with E-state index in [0.29, 0.717) is 5.56 Å². The Morgan fingerprint density at radius 1 is 0.329 bits per heavy atom. The van der Waals surface area contributed by atoms with Crippen LogP contribution in [-0.2, 0) is 61.6 Å². The fraction of sp³-hybridized carbons (Fsp3) is 0.706. The van der Waals surface area contributed by atoms with Gasteiger partial charge in [-0.1, -0.05) is 54.6 Å². The summed E-state index contributed by atoms with van der Waals surface area (Å²) in [5.74, 6) is -1.13. The van der Waals surface area contributed by atoms with Crippen LogP contribution in [0.25, 0.3) is 12.2 Å². The van der Waals surface area contributed by atoms with Crippen molar-refractivity contribution < 1.29 is 153 Å². The monoisotopic (exact) mass is 1180 g/mol. The number of carbonyl (C=O) groups excluding carboxylic acids is 1. The van der Waals surface area contributed by atoms with E-state index in [9.17, 15) is 91.6 Å². The summed E-state index contributed by atoms with van der Waals surface area (Å²) in [6, 6.07) is 15.2. The van der Waals surface area contributed by atoms with Crippen molar-refractivity contribution >= 4 is 18.1 Å². The van der Waals surface area contributed by atoms with Crippen LogP contribution in [0.3, 0.4) is 0 Å². The summed E-state index contributed by atoms with van der Waals surface area (Å²) >= 11 is 0. The van der Waals surface area contributed by atoms with Crippen molar-refractivity contribution in [2.45, 2.75) is 184 Å². The summed E-state index contributed by atoms with van der Waals surface area (Å²) in [6.45, 7) is -6.23. The van der Waals surface area contributed by atoms with Crippen LogP contribution in [-0.4, -0.2) is 317 Å². The van der Waals surface area contributed by atoms with E-state index in [-0.39, 0.29) is 5.56 Å². The van der Waals surface area contributed by atoms with E-state index >= 15 is 0 Å². The van der Waals surface area contributed by atoms with Crippen molar-refractivity contribution in [1.82, 2.24) is 0 Å². The molecule has 16 fully saturated rings. The molecular formula is C51H70O31. The summed E-state index contributed by atoms with van der Waals surface area (Å²) in [7, 11) is 0. The Balaban J connectivity index is 1.03. The van der Waals surface area contributed by atoms with Gasteiger partial charge in [-0.25, -0.2) is 4.79 Å². The van der Waals surface area contributed by atoms with Crippen molar-refractivity contribution in [2.75, 3.05) is 39.6 Å². The fourth-order valence-corrected chi connectivity index (χ4v) is 10.7. The van der Waals surface area contributed by atoms with Crippen LogP contribution >= 0.6 is 0 Å². The minimum atomic E-state index is -2.22. The minimum absolute atomic E-state index is 0.0959. The largest absolute Gasteiger partial charge is 0.450 e. The Labute approximate surface area is 465 Å². The molecule has 0 amide bonds. The molecule has 0 aliphatic carbocycles. The highest BCUT2D eigenvalue weighted by Gasteiger charge is 2.59. The van der Waals surface area contributed by atoms with E-state index in [1.165, 1.54) is 12.1 Å². The molecule has 2 aromatic rings. The molecule has 12 bridgehead atoms. The summed E-state index contributed by atoms with van der Waals surface area (Å²) in [4.78, 5) is 14.0. The van der Waals surface area contributed by atoms with Crippen LogP contribution < -0.4 is 0 Å². The summed E-state index contributed by atoms with van der Waals surface area (Å²) < 4.78 is 75.7. The number of esters is 1. The number of hydrogen-bond donors (Lipinski definition) is 17. The van der Waals surface area contributed by atoms with Gasteiger partial charge in [-0.05, 0) is 23.3 Å². The fourth-order valence-electron chi connectivity index (χ4n) is 10.7. The highest BCUT2D eigenvalue weighted by molar-refractivity contribution is 5.90. The maximum absolute atomic E-state index is 14.0. The second-order valence-corrected chi connectivity index (χ2v) is 20.6. The lowest BCUT2D eigenvalue weighted by Gasteiger charge is -2.51. The molecule has 0 spiro atoms. The van der Waals surface area contributed by atoms with Gasteiger partial charge in [0.05, 0.1) is 45.2 Å². The number of benzene rings is 2. The zero-order chi connectivity index (χ0) is 58.8. The average Bonchev–Trinajstić information content (AvgIpc) is 3.66. The molecule has 0 aromatic heterocycles. The molecular weight excluding hydrogens is 1110 g/mol. The Morgan fingerprint density at radius 3 is 0.878 bits per heavy atom. The summed E-state index contributed by atoms with van der Waals surface area (Å²) in [5.41, 5.74) is 1.44. The van der Waals surface area contributed by atoms with Crippen LogP contribution in [0.2, 0.25) is 0 Å². The third kappa shape index (κ3) is 12.9. The number of rotatable bonds is 10. The van der Waals surface area contributed by atoms with Gasteiger partial charge in [0.15, 0.2) is 43.8 Å². The Morgan fingerprint density at radius 2 is 0.585 bits per heavy atom. The van der Waals surface area contributed by atoms with E-state index in [4.69, 9.17) is 61.6 Å². The molecule has 82 heavy (non-hydrogen) atoms. The molecule has 0 unspecified atom stereocenters. The minimum Gasteiger partial charge on any atom is -0.450 e. The molecule has 31 nitrogen and oxygen atoms in total. The molecule has 460 valence electrons. The molecule has 16 heterocycles. The molecule has 16 aliphatic heterocycles. The second-order valence-electron chi connectivity index (χ2n) is 20.6. The molecule has 31 heteroatoms. The lowest BCUT2D eigenvalue weighted by molar-refractivity contribution is -0.403. The first kappa shape index (κ1) is 63.0. The highest BCUT2D eigenvalue weighted by atomic mass is 16.8. The number of aliphatic hydroxyl groups excluding tert-OH is 17. The van der Waals surface area contributed by atoms with Crippen LogP contribution in [0.4, 0.5) is 0 Å². The van der Waals surface area contributed by atoms with E-state index in [1.807, 2.05) is 36.4 Å². The van der Waals surface area contributed by atoms with Crippen LogP contribution in [0.1, 0.15) is 21.5 Å². The maximum atomic E-state index is 14.0. The van der Waals surface area contributed by atoms with Crippen molar-refractivity contribution in [2.24, 2.45) is 0 Å². The summed E-state index contributed by atoms with van der Waals surface area (Å²) in [5, 5.41) is 190. The SMILES string of the molecule is O=C(O[C@H]1[C@H]2O[C@H]3[C@H](O)[C@@H](O)[C@@H](O[C@H]4[C@H](O)[C@@H](O)[C@@H](O[C@H]5[C@H](O)[C@@H](O)[C@@H](O[C@H]6[C@H](O)[C@@H](O)[C@@H](O[C@H]7[C@H](O)[C@@H](O)[C@@H](O[C@@H]([C@@H]1O)[C@@H](CO)O2)O[C@@H]7CO)O[C@@H]6CO)O[C@@H]5CO)O[C@@H]4CO)O[C@@H]3CO)c1ccc(/C=C\c2ccccc2)cc1. The standard InChI is InChI=1S/C51H70O31/c52-12-21-38-27(58)32(63)46(70-21)77-39-22(13-53)71-48(33(64)28(39)59)79-41-24(15-55)73-50(35(66)30(41)61)81-43-26(17-57)75-51(44(37(43)68)76-45(69)20-10-8-19(9-11-20)7-6-18-4-2-1-3-5-18)82-42-25(16-56)74-49(36(67)31(42)62)80-40-23(14-54)72-47(78-38)34(65)29(40)60/h1-11,21-44,46-68H,12-17H2/b7-6-/t21-,22-,23-,24-,25-,26-,27-,28-,29-,30-,31-,32-,33-,34-,35-,36-,37+,38-,39-,40-,41-,42-,43-,44-,46-,47-,48-,49-,50-,51-/m1/s1. The third-order valence-corrected chi connectivity index (χ3v) is 15.3. The predicted molar refractivity (Wildman–Crippen MR) is 261 cm³/mol. The lowest BCUT2D eigenvalue weighted by atomic mass is 9.94. The predicted octanol–water partition coefficient (Wildman–Crippen LogP) is -9.02. The van der Waals surface area contributed by atoms with E-state index < -0.39 is 230 Å². The molecule has 16 saturated heterocycles. The van der Waals surface area contributed by atoms with Gasteiger partial charge in [0.1, 0.15) is 140 Å². The highest BCUT2D eigenvalue weighted by Crippen LogP contribution is 2.39. The van der Waals surface area contributed by atoms with Gasteiger partial charge < -0.3 is 148 Å². The topological polar surface area (TPSA) is 481 Å². The van der Waals surface area contributed by atoms with Crippen molar-refractivity contribution in [1.29, 1.82) is 0 Å². The normalized spacial score (nSPS) is 46.8. The molecule has 30 atom stereocenters. The number of aliphatic hydroxyl groups is 17. The van der Waals surface area contributed by atoms with E-state index in [0.717, 1.165) is 5.56 Å². The van der Waals surface area contributed by atoms with Gasteiger partial charge in [0.2, 0.25) is 0 Å². The molecule has 2 aromatic carbocycles. The van der Waals surface area contributed by atoms with Gasteiger partial charge in [-0.3, -0.25) is 0 Å². The van der Waals surface area contributed by atoms with Crippen LogP contribution in [0, 0.1) is 0 Å². The first-order valence-electron chi connectivity index (χ1n) is 26.4. The molecule has 16 aliphatic rings. The number of carbonyl (C=O) groups is 1. The second kappa shape index (κ2) is 27.5. The maximum Gasteiger partial charge on any atom is 0.338 e.